The van der Waals surface area contributed by atoms with Crippen molar-refractivity contribution in [3.63, 3.8) is 0 Å². The van der Waals surface area contributed by atoms with Crippen LogP contribution >= 0.6 is 0 Å². The number of allylic oxidation sites excluding steroid dienone is 1. The number of nitrogens with zero attached hydrogens (tertiary/aromatic N) is 1. The van der Waals surface area contributed by atoms with E-state index in [0.29, 0.717) is 25.7 Å². The number of hydrogen-bond acceptors (Lipinski definition) is 6. The standard InChI is InChI=1S/C32H44N2O6S/c1-33-41(37,38)24-26-12-16-28(17-13-26)27-14-10-25(11-15-27)23-40-30-19-18-29(34-20-6-2-3-7-21-34)32(30)39-22-8-4-5-9-31(35)36/h4,8,10-17,29-30,32-33H,2-3,5-7,9,18-24H2,1H3,(H,35,36)/t29-,30+,32+/m0/s1. The normalized spacial score (nSPS) is 22.2. The fourth-order valence-corrected chi connectivity index (χ4v) is 6.54. The molecule has 0 radical (unpaired) electrons. The van der Waals surface area contributed by atoms with E-state index < -0.39 is 16.0 Å². The molecule has 2 aromatic carbocycles. The first-order valence-corrected chi connectivity index (χ1v) is 16.4. The van der Waals surface area contributed by atoms with Gasteiger partial charge in [-0.05, 0) is 74.5 Å². The Labute approximate surface area is 244 Å². The molecule has 41 heavy (non-hydrogen) atoms. The molecule has 0 amide bonds. The topological polar surface area (TPSA) is 105 Å². The first kappa shape index (κ1) is 31.4. The molecule has 1 aliphatic heterocycles. The largest absolute Gasteiger partial charge is 0.481 e. The number of hydrogen-bond donors (Lipinski definition) is 2. The minimum atomic E-state index is -3.30. The number of carbonyl (C=O) groups is 1. The zero-order valence-electron chi connectivity index (χ0n) is 24.0. The van der Waals surface area contributed by atoms with E-state index in [1.807, 2.05) is 36.4 Å². The maximum Gasteiger partial charge on any atom is 0.303 e. The Morgan fingerprint density at radius 2 is 1.56 bits per heavy atom. The monoisotopic (exact) mass is 584 g/mol. The predicted molar refractivity (Wildman–Crippen MR) is 161 cm³/mol. The van der Waals surface area contributed by atoms with Crippen LogP contribution in [0.15, 0.2) is 60.7 Å². The van der Waals surface area contributed by atoms with Crippen LogP contribution in [0.25, 0.3) is 11.1 Å². The average molecular weight is 585 g/mol. The molecule has 0 bridgehead atoms. The minimum Gasteiger partial charge on any atom is -0.481 e. The second-order valence-corrected chi connectivity index (χ2v) is 12.9. The smallest absolute Gasteiger partial charge is 0.303 e. The summed E-state index contributed by atoms with van der Waals surface area (Å²) >= 11 is 0. The number of carboxylic acids is 1. The molecule has 0 spiro atoms. The number of ether oxygens (including phenoxy) is 2. The molecule has 1 saturated heterocycles. The van der Waals surface area contributed by atoms with Crippen LogP contribution in [0.1, 0.15) is 62.5 Å². The minimum absolute atomic E-state index is 0.0109. The Bertz CT molecular complexity index is 1220. The maximum atomic E-state index is 11.8. The highest BCUT2D eigenvalue weighted by Crippen LogP contribution is 2.32. The van der Waals surface area contributed by atoms with E-state index in [-0.39, 0.29) is 24.4 Å². The molecule has 3 atom stereocenters. The van der Waals surface area contributed by atoms with Crippen LogP contribution in [0.3, 0.4) is 0 Å². The van der Waals surface area contributed by atoms with Crippen LogP contribution in [-0.4, -0.2) is 69.4 Å². The van der Waals surface area contributed by atoms with Crippen molar-refractivity contribution in [2.75, 3.05) is 26.7 Å². The summed E-state index contributed by atoms with van der Waals surface area (Å²) in [6.07, 6.45) is 11.5. The Morgan fingerprint density at radius 3 is 2.17 bits per heavy atom. The SMILES string of the molecule is CNS(=O)(=O)Cc1ccc(-c2ccc(CO[C@@H]3CC[C@H](N4CCCCCC4)[C@H]3OCC=CCCC(=O)O)cc2)cc1. The van der Waals surface area contributed by atoms with E-state index >= 15 is 0 Å². The molecule has 1 aliphatic carbocycles. The van der Waals surface area contributed by atoms with Gasteiger partial charge in [-0.2, -0.15) is 0 Å². The lowest BCUT2D eigenvalue weighted by Gasteiger charge is -2.33. The number of rotatable bonds is 14. The molecular weight excluding hydrogens is 540 g/mol. The quantitative estimate of drug-likeness (QED) is 0.297. The van der Waals surface area contributed by atoms with Crippen LogP contribution in [-0.2, 0) is 36.7 Å². The first-order chi connectivity index (χ1) is 19.8. The Morgan fingerprint density at radius 1 is 0.927 bits per heavy atom. The van der Waals surface area contributed by atoms with Crippen molar-refractivity contribution < 1.29 is 27.8 Å². The molecule has 2 N–H and O–H groups in total. The van der Waals surface area contributed by atoms with Gasteiger partial charge in [0.2, 0.25) is 10.0 Å². The predicted octanol–water partition coefficient (Wildman–Crippen LogP) is 5.13. The molecule has 2 fully saturated rings. The molecule has 1 heterocycles. The van der Waals surface area contributed by atoms with Crippen molar-refractivity contribution in [3.8, 4) is 11.1 Å². The third-order valence-corrected chi connectivity index (χ3v) is 9.39. The van der Waals surface area contributed by atoms with Crippen molar-refractivity contribution in [1.82, 2.24) is 9.62 Å². The number of carboxylic acid groups (broad SMARTS) is 1. The second-order valence-electron chi connectivity index (χ2n) is 11.0. The van der Waals surface area contributed by atoms with Gasteiger partial charge in [0.25, 0.3) is 0 Å². The summed E-state index contributed by atoms with van der Waals surface area (Å²) < 4.78 is 38.8. The third kappa shape index (κ3) is 9.75. The molecule has 224 valence electrons. The van der Waals surface area contributed by atoms with E-state index in [2.05, 4.69) is 33.9 Å². The molecule has 2 aliphatic rings. The summed E-state index contributed by atoms with van der Waals surface area (Å²) in [7, 11) is -1.87. The number of benzene rings is 2. The summed E-state index contributed by atoms with van der Waals surface area (Å²) in [5, 5.41) is 8.85. The zero-order valence-corrected chi connectivity index (χ0v) is 24.9. The van der Waals surface area contributed by atoms with Gasteiger partial charge in [0, 0.05) is 12.5 Å². The molecule has 4 rings (SSSR count). The fraction of sp³-hybridized carbons (Fsp3) is 0.531. The number of sulfonamides is 1. The van der Waals surface area contributed by atoms with Crippen LogP contribution in [0.2, 0.25) is 0 Å². The van der Waals surface area contributed by atoms with Gasteiger partial charge < -0.3 is 14.6 Å². The van der Waals surface area contributed by atoms with Crippen molar-refractivity contribution in [3.05, 3.63) is 71.8 Å². The third-order valence-electron chi connectivity index (χ3n) is 8.05. The van der Waals surface area contributed by atoms with E-state index in [1.165, 1.54) is 32.7 Å². The van der Waals surface area contributed by atoms with Gasteiger partial charge in [-0.15, -0.1) is 0 Å². The Balaban J connectivity index is 1.34. The highest BCUT2D eigenvalue weighted by molar-refractivity contribution is 7.88. The number of likely N-dealkylation sites (tertiary alicyclic amines) is 1. The van der Waals surface area contributed by atoms with E-state index in [4.69, 9.17) is 14.6 Å². The van der Waals surface area contributed by atoms with Crippen LogP contribution in [0.4, 0.5) is 0 Å². The summed E-state index contributed by atoms with van der Waals surface area (Å²) in [5.74, 6) is -0.823. The molecule has 1 saturated carbocycles. The Hall–Kier alpha value is -2.56. The summed E-state index contributed by atoms with van der Waals surface area (Å²) in [5.41, 5.74) is 3.94. The second kappa shape index (κ2) is 15.6. The van der Waals surface area contributed by atoms with E-state index in [1.54, 1.807) is 0 Å². The van der Waals surface area contributed by atoms with Gasteiger partial charge in [-0.3, -0.25) is 9.69 Å². The number of nitrogens with one attached hydrogen (secondary N) is 1. The highest BCUT2D eigenvalue weighted by atomic mass is 32.2. The summed E-state index contributed by atoms with van der Waals surface area (Å²) in [6.45, 7) is 3.19. The van der Waals surface area contributed by atoms with Gasteiger partial charge in [0.15, 0.2) is 0 Å². The van der Waals surface area contributed by atoms with Gasteiger partial charge >= 0.3 is 5.97 Å². The average Bonchev–Trinajstić information content (AvgIpc) is 3.17. The van der Waals surface area contributed by atoms with Crippen molar-refractivity contribution in [2.24, 2.45) is 0 Å². The van der Waals surface area contributed by atoms with Crippen molar-refractivity contribution in [1.29, 1.82) is 0 Å². The number of aliphatic carboxylic acids is 1. The fourth-order valence-electron chi connectivity index (χ4n) is 5.77. The van der Waals surface area contributed by atoms with Gasteiger partial charge in [-0.1, -0.05) is 73.5 Å². The van der Waals surface area contributed by atoms with Gasteiger partial charge in [0.1, 0.15) is 0 Å². The molecule has 0 aromatic heterocycles. The van der Waals surface area contributed by atoms with E-state index in [0.717, 1.165) is 48.2 Å². The summed E-state index contributed by atoms with van der Waals surface area (Å²) in [6, 6.07) is 16.3. The molecule has 2 aromatic rings. The van der Waals surface area contributed by atoms with Gasteiger partial charge in [0.05, 0.1) is 31.2 Å². The Kier molecular flexibility index (Phi) is 11.9. The van der Waals surface area contributed by atoms with Crippen LogP contribution in [0, 0.1) is 0 Å². The highest BCUT2D eigenvalue weighted by Gasteiger charge is 2.40. The van der Waals surface area contributed by atoms with Crippen LogP contribution < -0.4 is 4.72 Å². The lowest BCUT2D eigenvalue weighted by molar-refractivity contribution is -0.136. The molecule has 0 unspecified atom stereocenters. The first-order valence-electron chi connectivity index (χ1n) is 14.8. The van der Waals surface area contributed by atoms with E-state index in [9.17, 15) is 13.2 Å². The van der Waals surface area contributed by atoms with Crippen molar-refractivity contribution in [2.45, 2.75) is 82.0 Å². The molecule has 8 nitrogen and oxygen atoms in total. The van der Waals surface area contributed by atoms with Crippen molar-refractivity contribution >= 4 is 16.0 Å². The lowest BCUT2D eigenvalue weighted by Crippen LogP contribution is -2.45. The van der Waals surface area contributed by atoms with Crippen LogP contribution in [0.5, 0.6) is 0 Å². The van der Waals surface area contributed by atoms with Gasteiger partial charge in [-0.25, -0.2) is 13.1 Å². The lowest BCUT2D eigenvalue weighted by atomic mass is 10.0. The summed E-state index contributed by atoms with van der Waals surface area (Å²) in [4.78, 5) is 13.4. The maximum absolute atomic E-state index is 11.8. The molecular formula is C32H44N2O6S. The molecule has 9 heteroatoms. The zero-order chi connectivity index (χ0) is 29.1.